The van der Waals surface area contributed by atoms with Crippen LogP contribution in [0.5, 0.6) is 0 Å². The van der Waals surface area contributed by atoms with Gasteiger partial charge in [-0.05, 0) is 42.5 Å². The van der Waals surface area contributed by atoms with Crippen LogP contribution in [0.3, 0.4) is 0 Å². The number of rotatable bonds is 3. The van der Waals surface area contributed by atoms with Gasteiger partial charge >= 0.3 is 0 Å². The Labute approximate surface area is 111 Å². The first-order chi connectivity index (χ1) is 8.52. The molecule has 1 aromatic rings. The molecule has 0 radical (unpaired) electrons. The van der Waals surface area contributed by atoms with Crippen molar-refractivity contribution in [1.82, 2.24) is 4.90 Å². The smallest absolute Gasteiger partial charge is 0.0628 e. The molecule has 1 saturated heterocycles. The number of likely N-dealkylation sites (tertiary alicyclic amines) is 1. The lowest BCUT2D eigenvalue weighted by atomic mass is 9.86. The highest BCUT2D eigenvalue weighted by atomic mass is 16.3. The highest BCUT2D eigenvalue weighted by molar-refractivity contribution is 5.29. The van der Waals surface area contributed by atoms with E-state index in [-0.39, 0.29) is 18.1 Å². The van der Waals surface area contributed by atoms with Gasteiger partial charge in [-0.15, -0.1) is 0 Å². The third-order valence-electron chi connectivity index (χ3n) is 3.92. The van der Waals surface area contributed by atoms with Crippen LogP contribution in [-0.2, 0) is 5.41 Å². The molecule has 0 aliphatic carbocycles. The van der Waals surface area contributed by atoms with Crippen molar-refractivity contribution in [1.29, 1.82) is 0 Å². The third kappa shape index (κ3) is 2.93. The summed E-state index contributed by atoms with van der Waals surface area (Å²) < 4.78 is 0. The predicted molar refractivity (Wildman–Crippen MR) is 75.8 cm³/mol. The van der Waals surface area contributed by atoms with Crippen LogP contribution in [0.2, 0.25) is 0 Å². The van der Waals surface area contributed by atoms with E-state index in [1.54, 1.807) is 0 Å². The molecule has 2 heteroatoms. The molecule has 1 fully saturated rings. The molecular formula is C16H25NO. The molecule has 1 aromatic carbocycles. The van der Waals surface area contributed by atoms with Crippen LogP contribution in [0.4, 0.5) is 0 Å². The van der Waals surface area contributed by atoms with E-state index in [4.69, 9.17) is 0 Å². The first-order valence-electron chi connectivity index (χ1n) is 6.98. The van der Waals surface area contributed by atoms with Gasteiger partial charge in [-0.3, -0.25) is 4.90 Å². The zero-order chi connectivity index (χ0) is 13.2. The van der Waals surface area contributed by atoms with Gasteiger partial charge in [0.25, 0.3) is 0 Å². The normalized spacial score (nSPS) is 19.1. The Morgan fingerprint density at radius 3 is 2.11 bits per heavy atom. The average Bonchev–Trinajstić information content (AvgIpc) is 2.83. The number of nitrogens with zero attached hydrogens (tertiary/aromatic N) is 1. The van der Waals surface area contributed by atoms with Gasteiger partial charge in [0, 0.05) is 0 Å². The maximum absolute atomic E-state index is 9.63. The fourth-order valence-corrected chi connectivity index (χ4v) is 2.69. The van der Waals surface area contributed by atoms with Crippen LogP contribution in [-0.4, -0.2) is 29.7 Å². The molecule has 1 aliphatic rings. The first-order valence-corrected chi connectivity index (χ1v) is 6.98. The molecule has 0 spiro atoms. The molecule has 0 aromatic heterocycles. The largest absolute Gasteiger partial charge is 0.394 e. The summed E-state index contributed by atoms with van der Waals surface area (Å²) in [6, 6.07) is 8.95. The number of hydrogen-bond donors (Lipinski definition) is 1. The Morgan fingerprint density at radius 2 is 1.67 bits per heavy atom. The minimum absolute atomic E-state index is 0.182. The van der Waals surface area contributed by atoms with Crippen molar-refractivity contribution in [3.63, 3.8) is 0 Å². The summed E-state index contributed by atoms with van der Waals surface area (Å²) in [5.41, 5.74) is 2.79. The fraction of sp³-hybridized carbons (Fsp3) is 0.625. The van der Waals surface area contributed by atoms with Crippen molar-refractivity contribution >= 4 is 0 Å². The summed E-state index contributed by atoms with van der Waals surface area (Å²) in [5.74, 6) is 0. The number of hydrogen-bond acceptors (Lipinski definition) is 2. The van der Waals surface area contributed by atoms with Crippen LogP contribution in [0.15, 0.2) is 24.3 Å². The molecule has 2 rings (SSSR count). The Morgan fingerprint density at radius 1 is 1.11 bits per heavy atom. The van der Waals surface area contributed by atoms with Gasteiger partial charge in [0.05, 0.1) is 12.6 Å². The lowest BCUT2D eigenvalue weighted by Crippen LogP contribution is -2.28. The van der Waals surface area contributed by atoms with Crippen LogP contribution in [0.25, 0.3) is 0 Å². The Kier molecular flexibility index (Phi) is 4.08. The highest BCUT2D eigenvalue weighted by Crippen LogP contribution is 2.27. The van der Waals surface area contributed by atoms with Crippen molar-refractivity contribution in [3.8, 4) is 0 Å². The molecule has 1 N–H and O–H groups in total. The maximum atomic E-state index is 9.63. The molecule has 1 heterocycles. The van der Waals surface area contributed by atoms with Crippen LogP contribution in [0.1, 0.15) is 50.8 Å². The summed E-state index contributed by atoms with van der Waals surface area (Å²) in [6.45, 7) is 9.14. The average molecular weight is 247 g/mol. The topological polar surface area (TPSA) is 23.5 Å². The van der Waals surface area contributed by atoms with Crippen molar-refractivity contribution in [2.45, 2.75) is 45.1 Å². The van der Waals surface area contributed by atoms with Gasteiger partial charge in [-0.1, -0.05) is 45.0 Å². The Balaban J connectivity index is 2.16. The van der Waals surface area contributed by atoms with E-state index in [1.807, 2.05) is 0 Å². The Bertz CT molecular complexity index is 371. The zero-order valence-corrected chi connectivity index (χ0v) is 11.8. The minimum Gasteiger partial charge on any atom is -0.394 e. The monoisotopic (exact) mass is 247 g/mol. The van der Waals surface area contributed by atoms with Crippen LogP contribution < -0.4 is 0 Å². The number of aliphatic hydroxyl groups excluding tert-OH is 1. The molecule has 1 atom stereocenters. The summed E-state index contributed by atoms with van der Waals surface area (Å²) >= 11 is 0. The maximum Gasteiger partial charge on any atom is 0.0628 e. The standard InChI is InChI=1S/C16H25NO/c1-16(2,3)14-8-6-13(7-9-14)15(12-18)17-10-4-5-11-17/h6-9,15,18H,4-5,10-12H2,1-3H3. The summed E-state index contributed by atoms with van der Waals surface area (Å²) in [4.78, 5) is 2.39. The van der Waals surface area contributed by atoms with Crippen molar-refractivity contribution < 1.29 is 5.11 Å². The van der Waals surface area contributed by atoms with Crippen molar-refractivity contribution in [2.75, 3.05) is 19.7 Å². The highest BCUT2D eigenvalue weighted by Gasteiger charge is 2.23. The molecule has 100 valence electrons. The van der Waals surface area contributed by atoms with E-state index in [1.165, 1.54) is 24.0 Å². The zero-order valence-electron chi connectivity index (χ0n) is 11.8. The van der Waals surface area contributed by atoms with Gasteiger partial charge in [0.1, 0.15) is 0 Å². The van der Waals surface area contributed by atoms with E-state index >= 15 is 0 Å². The van der Waals surface area contributed by atoms with E-state index < -0.39 is 0 Å². The second-order valence-corrected chi connectivity index (χ2v) is 6.31. The molecule has 18 heavy (non-hydrogen) atoms. The van der Waals surface area contributed by atoms with Gasteiger partial charge < -0.3 is 5.11 Å². The lowest BCUT2D eigenvalue weighted by Gasteiger charge is -2.27. The molecule has 1 aliphatic heterocycles. The van der Waals surface area contributed by atoms with Gasteiger partial charge in [-0.2, -0.15) is 0 Å². The molecule has 0 bridgehead atoms. The number of benzene rings is 1. The van der Waals surface area contributed by atoms with E-state index in [0.717, 1.165) is 13.1 Å². The second-order valence-electron chi connectivity index (χ2n) is 6.31. The Hall–Kier alpha value is -0.860. The summed E-state index contributed by atoms with van der Waals surface area (Å²) in [6.07, 6.45) is 2.52. The molecule has 2 nitrogen and oxygen atoms in total. The van der Waals surface area contributed by atoms with E-state index in [2.05, 4.69) is 49.9 Å². The lowest BCUT2D eigenvalue weighted by molar-refractivity contribution is 0.147. The molecule has 1 unspecified atom stereocenters. The first kappa shape index (κ1) is 13.6. The van der Waals surface area contributed by atoms with Gasteiger partial charge in [0.2, 0.25) is 0 Å². The quantitative estimate of drug-likeness (QED) is 0.887. The van der Waals surface area contributed by atoms with Gasteiger partial charge in [-0.25, -0.2) is 0 Å². The van der Waals surface area contributed by atoms with Crippen LogP contribution >= 0.6 is 0 Å². The van der Waals surface area contributed by atoms with Crippen molar-refractivity contribution in [3.05, 3.63) is 35.4 Å². The fourth-order valence-electron chi connectivity index (χ4n) is 2.69. The molecule has 0 saturated carbocycles. The SMILES string of the molecule is CC(C)(C)c1ccc(C(CO)N2CCCC2)cc1. The third-order valence-corrected chi connectivity index (χ3v) is 3.92. The molecule has 0 amide bonds. The van der Waals surface area contributed by atoms with Crippen molar-refractivity contribution in [2.24, 2.45) is 0 Å². The van der Waals surface area contributed by atoms with Gasteiger partial charge in [0.15, 0.2) is 0 Å². The summed E-state index contributed by atoms with van der Waals surface area (Å²) in [5, 5.41) is 9.63. The second kappa shape index (κ2) is 5.41. The predicted octanol–water partition coefficient (Wildman–Crippen LogP) is 3.11. The molecular weight excluding hydrogens is 222 g/mol. The minimum atomic E-state index is 0.182. The van der Waals surface area contributed by atoms with Crippen LogP contribution in [0, 0.1) is 0 Å². The summed E-state index contributed by atoms with van der Waals surface area (Å²) in [7, 11) is 0. The number of aliphatic hydroxyl groups is 1. The van der Waals surface area contributed by atoms with E-state index in [9.17, 15) is 5.11 Å². The van der Waals surface area contributed by atoms with E-state index in [0.29, 0.717) is 0 Å².